The largest absolute Gasteiger partial charge is 0.327 e. The molecule has 156 valence electrons. The molecule has 0 aliphatic heterocycles. The lowest BCUT2D eigenvalue weighted by Gasteiger charge is -2.22. The molecule has 2 aromatic carbocycles. The molecule has 2 fully saturated rings. The van der Waals surface area contributed by atoms with Crippen LogP contribution in [-0.4, -0.2) is 15.5 Å². The smallest absolute Gasteiger partial charge is 0.227 e. The number of nitrogens with one attached hydrogen (secondary N) is 1. The first-order valence-corrected chi connectivity index (χ1v) is 10.5. The molecule has 30 heavy (non-hydrogen) atoms. The summed E-state index contributed by atoms with van der Waals surface area (Å²) in [6.07, 6.45) is 3.48. The number of halogens is 3. The SMILES string of the molecule is CC(C(=O)Nc1ccc(Cl)cc1)[C@H]1[C@@H]2C[C@@H](n3cnc4cc(F)c(F)cc43)CC21C. The zero-order valence-corrected chi connectivity index (χ0v) is 17.5. The van der Waals surface area contributed by atoms with Crippen molar-refractivity contribution < 1.29 is 13.6 Å². The van der Waals surface area contributed by atoms with Gasteiger partial charge in [0, 0.05) is 34.8 Å². The quantitative estimate of drug-likeness (QED) is 0.567. The number of rotatable bonds is 4. The van der Waals surface area contributed by atoms with Gasteiger partial charge in [0.1, 0.15) is 0 Å². The second-order valence-electron chi connectivity index (χ2n) is 8.92. The van der Waals surface area contributed by atoms with E-state index < -0.39 is 11.6 Å². The molecule has 1 amide bonds. The molecule has 0 radical (unpaired) electrons. The van der Waals surface area contributed by atoms with Gasteiger partial charge in [-0.15, -0.1) is 0 Å². The van der Waals surface area contributed by atoms with E-state index in [0.29, 0.717) is 27.9 Å². The van der Waals surface area contributed by atoms with Crippen molar-refractivity contribution in [3.05, 3.63) is 59.4 Å². The Balaban J connectivity index is 1.29. The second kappa shape index (κ2) is 6.77. The molecule has 0 bridgehead atoms. The summed E-state index contributed by atoms with van der Waals surface area (Å²) in [4.78, 5) is 17.0. The minimum absolute atomic E-state index is 0.0140. The summed E-state index contributed by atoms with van der Waals surface area (Å²) in [5.74, 6) is -1.09. The maximum Gasteiger partial charge on any atom is 0.227 e. The first-order chi connectivity index (χ1) is 14.3. The standard InChI is InChI=1S/C23H22ClF2N3O/c1-12(22(30)28-14-5-3-13(24)4-6-14)21-16-7-15(10-23(16,21)2)29-11-27-19-8-17(25)18(26)9-20(19)29/h3-6,8-9,11-12,15-16,21H,7,10H2,1-2H3,(H,28,30)/t12?,15-,16+,21+,23?/m1/s1. The van der Waals surface area contributed by atoms with Gasteiger partial charge < -0.3 is 9.88 Å². The van der Waals surface area contributed by atoms with E-state index in [0.717, 1.165) is 24.6 Å². The van der Waals surface area contributed by atoms with Gasteiger partial charge in [-0.05, 0) is 54.4 Å². The highest BCUT2D eigenvalue weighted by atomic mass is 35.5. The molecule has 1 heterocycles. The highest BCUT2D eigenvalue weighted by Crippen LogP contribution is 2.73. The molecular weight excluding hydrogens is 408 g/mol. The van der Waals surface area contributed by atoms with E-state index in [-0.39, 0.29) is 23.3 Å². The summed E-state index contributed by atoms with van der Waals surface area (Å²) in [6.45, 7) is 4.22. The van der Waals surface area contributed by atoms with Crippen LogP contribution in [0.5, 0.6) is 0 Å². The fourth-order valence-corrected chi connectivity index (χ4v) is 5.81. The van der Waals surface area contributed by atoms with Crippen molar-refractivity contribution in [1.82, 2.24) is 9.55 Å². The van der Waals surface area contributed by atoms with E-state index in [2.05, 4.69) is 17.2 Å². The minimum atomic E-state index is -0.880. The lowest BCUT2D eigenvalue weighted by Crippen LogP contribution is -2.25. The fraction of sp³-hybridized carbons (Fsp3) is 0.391. The number of carbonyl (C=O) groups is 1. The predicted octanol–water partition coefficient (Wildman–Crippen LogP) is 5.83. The number of hydrogen-bond acceptors (Lipinski definition) is 2. The first-order valence-electron chi connectivity index (χ1n) is 10.2. The van der Waals surface area contributed by atoms with E-state index >= 15 is 0 Å². The average Bonchev–Trinajstić information content (AvgIpc) is 2.98. The van der Waals surface area contributed by atoms with Crippen molar-refractivity contribution in [3.63, 3.8) is 0 Å². The van der Waals surface area contributed by atoms with Crippen molar-refractivity contribution >= 4 is 34.2 Å². The molecule has 2 unspecified atom stereocenters. The highest BCUT2D eigenvalue weighted by Gasteiger charge is 2.68. The van der Waals surface area contributed by atoms with Crippen molar-refractivity contribution in [2.24, 2.45) is 23.2 Å². The number of carbonyl (C=O) groups excluding carboxylic acids is 1. The molecule has 1 aromatic heterocycles. The molecule has 2 aliphatic carbocycles. The Morgan fingerprint density at radius 2 is 1.97 bits per heavy atom. The fourth-order valence-electron chi connectivity index (χ4n) is 5.68. The van der Waals surface area contributed by atoms with Crippen LogP contribution in [0.4, 0.5) is 14.5 Å². The van der Waals surface area contributed by atoms with Crippen LogP contribution in [0.3, 0.4) is 0 Å². The van der Waals surface area contributed by atoms with Gasteiger partial charge in [0.15, 0.2) is 11.6 Å². The monoisotopic (exact) mass is 429 g/mol. The van der Waals surface area contributed by atoms with Gasteiger partial charge in [0.2, 0.25) is 5.91 Å². The number of nitrogens with zero attached hydrogens (tertiary/aromatic N) is 2. The number of anilines is 1. The topological polar surface area (TPSA) is 46.9 Å². The van der Waals surface area contributed by atoms with E-state index in [1.807, 2.05) is 11.5 Å². The number of aromatic nitrogens is 2. The van der Waals surface area contributed by atoms with Crippen molar-refractivity contribution in [1.29, 1.82) is 0 Å². The zero-order valence-electron chi connectivity index (χ0n) is 16.7. The Hall–Kier alpha value is -2.47. The molecule has 3 aromatic rings. The lowest BCUT2D eigenvalue weighted by atomic mass is 9.90. The summed E-state index contributed by atoms with van der Waals surface area (Å²) in [5.41, 5.74) is 1.89. The summed E-state index contributed by atoms with van der Waals surface area (Å²) < 4.78 is 29.2. The molecule has 0 spiro atoms. The van der Waals surface area contributed by atoms with E-state index in [9.17, 15) is 13.6 Å². The van der Waals surface area contributed by atoms with Crippen LogP contribution in [0.1, 0.15) is 32.7 Å². The number of imidazole rings is 1. The molecule has 5 atom stereocenters. The number of fused-ring (bicyclic) bond motifs is 2. The Morgan fingerprint density at radius 1 is 1.27 bits per heavy atom. The number of benzene rings is 2. The molecular formula is C23H22ClF2N3O. The molecule has 2 saturated carbocycles. The third-order valence-electron chi connectivity index (χ3n) is 7.21. The van der Waals surface area contributed by atoms with Gasteiger partial charge in [-0.25, -0.2) is 13.8 Å². The Morgan fingerprint density at radius 3 is 2.63 bits per heavy atom. The van der Waals surface area contributed by atoms with Crippen LogP contribution in [0.15, 0.2) is 42.7 Å². The predicted molar refractivity (Wildman–Crippen MR) is 112 cm³/mol. The molecule has 1 N–H and O–H groups in total. The first kappa shape index (κ1) is 19.5. The highest BCUT2D eigenvalue weighted by molar-refractivity contribution is 6.30. The van der Waals surface area contributed by atoms with Crippen LogP contribution < -0.4 is 5.32 Å². The average molecular weight is 430 g/mol. The molecule has 0 saturated heterocycles. The molecule has 2 aliphatic rings. The van der Waals surface area contributed by atoms with Gasteiger partial charge in [0.25, 0.3) is 0 Å². The maximum atomic E-state index is 13.7. The van der Waals surface area contributed by atoms with Crippen LogP contribution in [-0.2, 0) is 4.79 Å². The molecule has 7 heteroatoms. The van der Waals surface area contributed by atoms with Crippen LogP contribution in [0.2, 0.25) is 5.02 Å². The summed E-state index contributed by atoms with van der Waals surface area (Å²) in [7, 11) is 0. The lowest BCUT2D eigenvalue weighted by molar-refractivity contribution is -0.120. The van der Waals surface area contributed by atoms with Crippen LogP contribution in [0, 0.1) is 34.8 Å². The Bertz CT molecular complexity index is 1150. The second-order valence-corrected chi connectivity index (χ2v) is 9.36. The minimum Gasteiger partial charge on any atom is -0.327 e. The van der Waals surface area contributed by atoms with E-state index in [1.54, 1.807) is 30.6 Å². The van der Waals surface area contributed by atoms with Gasteiger partial charge in [-0.3, -0.25) is 4.79 Å². The van der Waals surface area contributed by atoms with Crippen molar-refractivity contribution in [2.75, 3.05) is 5.32 Å². The van der Waals surface area contributed by atoms with Crippen LogP contribution in [0.25, 0.3) is 11.0 Å². The summed E-state index contributed by atoms with van der Waals surface area (Å²) in [6, 6.07) is 9.65. The van der Waals surface area contributed by atoms with Gasteiger partial charge >= 0.3 is 0 Å². The van der Waals surface area contributed by atoms with Crippen LogP contribution >= 0.6 is 11.6 Å². The van der Waals surface area contributed by atoms with Gasteiger partial charge in [-0.1, -0.05) is 25.4 Å². The number of amides is 1. The normalized spacial score (nSPS) is 28.4. The number of hydrogen-bond donors (Lipinski definition) is 1. The Labute approximate surface area is 178 Å². The maximum absolute atomic E-state index is 13.7. The third kappa shape index (κ3) is 3.00. The third-order valence-corrected chi connectivity index (χ3v) is 7.46. The zero-order chi connectivity index (χ0) is 21.2. The summed E-state index contributed by atoms with van der Waals surface area (Å²) >= 11 is 5.90. The van der Waals surface area contributed by atoms with Crippen molar-refractivity contribution in [3.8, 4) is 0 Å². The molecule has 4 nitrogen and oxygen atoms in total. The summed E-state index contributed by atoms with van der Waals surface area (Å²) in [5, 5.41) is 3.61. The van der Waals surface area contributed by atoms with Crippen molar-refractivity contribution in [2.45, 2.75) is 32.7 Å². The Kier molecular flexibility index (Phi) is 4.40. The van der Waals surface area contributed by atoms with E-state index in [1.165, 1.54) is 6.07 Å². The van der Waals surface area contributed by atoms with E-state index in [4.69, 9.17) is 11.6 Å². The van der Waals surface area contributed by atoms with Gasteiger partial charge in [0.05, 0.1) is 17.4 Å². The molecule has 5 rings (SSSR count). The van der Waals surface area contributed by atoms with Gasteiger partial charge in [-0.2, -0.15) is 0 Å².